The quantitative estimate of drug-likeness (QED) is 0.466. The summed E-state index contributed by atoms with van der Waals surface area (Å²) in [5.74, 6) is 0.800. The van der Waals surface area contributed by atoms with E-state index in [-0.39, 0.29) is 0 Å². The number of rotatable bonds is 4. The van der Waals surface area contributed by atoms with E-state index in [0.29, 0.717) is 0 Å². The average molecular weight is 341 g/mol. The van der Waals surface area contributed by atoms with Crippen LogP contribution in [0, 0.1) is 12.8 Å². The fourth-order valence-corrected chi connectivity index (χ4v) is 4.09. The zero-order valence-electron chi connectivity index (χ0n) is 15.2. The lowest BCUT2D eigenvalue weighted by atomic mass is 9.85. The molecule has 4 aromatic rings. The molecule has 3 aromatic heterocycles. The normalized spacial score (nSPS) is 14.8. The van der Waals surface area contributed by atoms with Gasteiger partial charge < -0.3 is 8.97 Å². The minimum atomic E-state index is 0.800. The smallest absolute Gasteiger partial charge is 0.138 e. The van der Waals surface area contributed by atoms with Gasteiger partial charge in [0.2, 0.25) is 0 Å². The summed E-state index contributed by atoms with van der Waals surface area (Å²) < 4.78 is 4.66. The second-order valence-corrected chi connectivity index (χ2v) is 7.43. The number of aromatic nitrogens is 3. The number of benzene rings is 1. The van der Waals surface area contributed by atoms with Crippen molar-refractivity contribution in [1.29, 1.82) is 0 Å². The van der Waals surface area contributed by atoms with Crippen LogP contribution in [0.4, 0.5) is 0 Å². The van der Waals surface area contributed by atoms with Crippen molar-refractivity contribution in [2.45, 2.75) is 32.7 Å². The summed E-state index contributed by atoms with van der Waals surface area (Å²) in [5, 5.41) is 1.30. The lowest BCUT2D eigenvalue weighted by Crippen LogP contribution is -2.18. The molecule has 0 atom stereocenters. The predicted molar refractivity (Wildman–Crippen MR) is 108 cm³/mol. The first-order chi connectivity index (χ1) is 12.7. The minimum absolute atomic E-state index is 0.800. The second-order valence-electron chi connectivity index (χ2n) is 7.43. The molecule has 1 saturated carbocycles. The zero-order valence-corrected chi connectivity index (χ0v) is 15.2. The van der Waals surface area contributed by atoms with E-state index in [4.69, 9.17) is 4.98 Å². The molecule has 0 radical (unpaired) electrons. The van der Waals surface area contributed by atoms with Crippen molar-refractivity contribution in [3.05, 3.63) is 66.5 Å². The number of hydrogen-bond donors (Lipinski definition) is 0. The highest BCUT2D eigenvalue weighted by atomic mass is 15.1. The van der Waals surface area contributed by atoms with Crippen LogP contribution in [0.15, 0.2) is 55.2 Å². The van der Waals surface area contributed by atoms with Crippen molar-refractivity contribution in [2.24, 2.45) is 5.92 Å². The second kappa shape index (κ2) is 5.87. The highest BCUT2D eigenvalue weighted by Gasteiger charge is 2.22. The van der Waals surface area contributed by atoms with E-state index < -0.39 is 0 Å². The maximum absolute atomic E-state index is 4.99. The molecular weight excluding hydrogens is 318 g/mol. The molecule has 0 saturated heterocycles. The number of nitrogens with zero attached hydrogens (tertiary/aromatic N) is 3. The number of fused-ring (bicyclic) bond motifs is 2. The fourth-order valence-electron chi connectivity index (χ4n) is 4.09. The number of imidazole rings is 1. The Balaban J connectivity index is 1.73. The Kier molecular flexibility index (Phi) is 3.49. The van der Waals surface area contributed by atoms with Gasteiger partial charge in [0.05, 0.1) is 5.69 Å². The third-order valence-electron chi connectivity index (χ3n) is 5.84. The highest BCUT2D eigenvalue weighted by molar-refractivity contribution is 5.87. The van der Waals surface area contributed by atoms with Crippen LogP contribution in [0.25, 0.3) is 34.0 Å². The van der Waals surface area contributed by atoms with Gasteiger partial charge in [0, 0.05) is 29.3 Å². The molecule has 0 aliphatic heterocycles. The van der Waals surface area contributed by atoms with Gasteiger partial charge in [-0.05, 0) is 55.5 Å². The summed E-state index contributed by atoms with van der Waals surface area (Å²) in [6.07, 6.45) is 8.03. The average Bonchev–Trinajstić information content (AvgIpc) is 3.15. The zero-order chi connectivity index (χ0) is 17.7. The molecule has 0 spiro atoms. The van der Waals surface area contributed by atoms with Crippen LogP contribution in [0.5, 0.6) is 0 Å². The van der Waals surface area contributed by atoms with E-state index in [2.05, 4.69) is 71.1 Å². The number of para-hydroxylation sites is 1. The highest BCUT2D eigenvalue weighted by Crippen LogP contribution is 2.35. The molecule has 1 fully saturated rings. The lowest BCUT2D eigenvalue weighted by molar-refractivity contribution is 0.281. The van der Waals surface area contributed by atoms with Gasteiger partial charge in [-0.3, -0.25) is 0 Å². The van der Waals surface area contributed by atoms with Crippen molar-refractivity contribution in [2.75, 3.05) is 0 Å². The van der Waals surface area contributed by atoms with Gasteiger partial charge in [0.25, 0.3) is 0 Å². The first-order valence-electron chi connectivity index (χ1n) is 9.44. The number of hydrogen-bond acceptors (Lipinski definition) is 1. The molecule has 1 aliphatic carbocycles. The first kappa shape index (κ1) is 15.4. The van der Waals surface area contributed by atoms with E-state index in [9.17, 15) is 0 Å². The summed E-state index contributed by atoms with van der Waals surface area (Å²) in [7, 11) is 0. The standard InChI is InChI=1S/C23H23N3/c1-3-17-11-12-25-16(2)23(24-22(25)13-17)21-14-19-9-4-5-10-20(19)26(21)15-18-7-6-8-18/h3-5,9-14,18H,1,6-8,15H2,2H3. The van der Waals surface area contributed by atoms with Crippen LogP contribution < -0.4 is 0 Å². The van der Waals surface area contributed by atoms with Crippen LogP contribution in [-0.4, -0.2) is 14.0 Å². The topological polar surface area (TPSA) is 22.2 Å². The SMILES string of the molecule is C=Cc1ccn2c(C)c(-c3cc4ccccc4n3CC3CCC3)nc2c1. The Morgan fingerprint density at radius 3 is 2.81 bits per heavy atom. The Bertz CT molecular complexity index is 1130. The van der Waals surface area contributed by atoms with E-state index in [1.165, 1.54) is 41.6 Å². The van der Waals surface area contributed by atoms with Gasteiger partial charge in [-0.1, -0.05) is 37.3 Å². The van der Waals surface area contributed by atoms with Gasteiger partial charge in [-0.15, -0.1) is 0 Å². The van der Waals surface area contributed by atoms with Gasteiger partial charge in [-0.2, -0.15) is 0 Å². The molecule has 26 heavy (non-hydrogen) atoms. The molecular formula is C23H23N3. The third-order valence-corrected chi connectivity index (χ3v) is 5.84. The number of aryl methyl sites for hydroxylation is 1. The molecule has 0 N–H and O–H groups in total. The van der Waals surface area contributed by atoms with Gasteiger partial charge in [-0.25, -0.2) is 4.98 Å². The summed E-state index contributed by atoms with van der Waals surface area (Å²) in [4.78, 5) is 4.99. The maximum Gasteiger partial charge on any atom is 0.138 e. The third kappa shape index (κ3) is 2.31. The van der Waals surface area contributed by atoms with Crippen LogP contribution >= 0.6 is 0 Å². The Labute approximate surface area is 153 Å². The van der Waals surface area contributed by atoms with Crippen molar-refractivity contribution < 1.29 is 0 Å². The van der Waals surface area contributed by atoms with Crippen molar-refractivity contribution in [3.63, 3.8) is 0 Å². The molecule has 1 aliphatic rings. The summed E-state index contributed by atoms with van der Waals surface area (Å²) >= 11 is 0. The van der Waals surface area contributed by atoms with Crippen molar-refractivity contribution in [3.8, 4) is 11.4 Å². The van der Waals surface area contributed by atoms with Crippen LogP contribution in [-0.2, 0) is 6.54 Å². The molecule has 1 aromatic carbocycles. The van der Waals surface area contributed by atoms with Gasteiger partial charge in [0.1, 0.15) is 11.3 Å². The van der Waals surface area contributed by atoms with Gasteiger partial charge >= 0.3 is 0 Å². The molecule has 0 amide bonds. The molecule has 130 valence electrons. The summed E-state index contributed by atoms with van der Waals surface area (Å²) in [6, 6.07) is 15.2. The summed E-state index contributed by atoms with van der Waals surface area (Å²) in [6.45, 7) is 7.13. The minimum Gasteiger partial charge on any atom is -0.339 e. The van der Waals surface area contributed by atoms with E-state index in [0.717, 1.165) is 29.4 Å². The van der Waals surface area contributed by atoms with Crippen molar-refractivity contribution in [1.82, 2.24) is 14.0 Å². The molecule has 5 rings (SSSR count). The molecule has 3 heteroatoms. The first-order valence-corrected chi connectivity index (χ1v) is 9.44. The van der Waals surface area contributed by atoms with Crippen LogP contribution in [0.3, 0.4) is 0 Å². The van der Waals surface area contributed by atoms with Crippen molar-refractivity contribution >= 4 is 22.6 Å². The fraction of sp³-hybridized carbons (Fsp3) is 0.261. The largest absolute Gasteiger partial charge is 0.339 e. The van der Waals surface area contributed by atoms with Gasteiger partial charge in [0.15, 0.2) is 0 Å². The number of pyridine rings is 1. The molecule has 3 nitrogen and oxygen atoms in total. The van der Waals surface area contributed by atoms with Crippen LogP contribution in [0.1, 0.15) is 30.5 Å². The Morgan fingerprint density at radius 2 is 2.04 bits per heavy atom. The predicted octanol–water partition coefficient (Wildman–Crippen LogP) is 5.71. The molecule has 0 bridgehead atoms. The van der Waals surface area contributed by atoms with Crippen LogP contribution in [0.2, 0.25) is 0 Å². The molecule has 3 heterocycles. The Morgan fingerprint density at radius 1 is 1.19 bits per heavy atom. The summed E-state index contributed by atoms with van der Waals surface area (Å²) in [5.41, 5.74) is 6.91. The molecule has 0 unspecified atom stereocenters. The lowest BCUT2D eigenvalue weighted by Gasteiger charge is -2.27. The van der Waals surface area contributed by atoms with E-state index in [1.807, 2.05) is 6.08 Å². The Hall–Kier alpha value is -2.81. The maximum atomic E-state index is 4.99. The monoisotopic (exact) mass is 341 g/mol. The van der Waals surface area contributed by atoms with E-state index in [1.54, 1.807) is 0 Å². The van der Waals surface area contributed by atoms with E-state index >= 15 is 0 Å².